The van der Waals surface area contributed by atoms with Crippen LogP contribution in [-0.2, 0) is 11.2 Å². The van der Waals surface area contributed by atoms with Gasteiger partial charge in [0.05, 0.1) is 13.2 Å². The second-order valence-corrected chi connectivity index (χ2v) is 5.55. The Morgan fingerprint density at radius 1 is 1.24 bits per heavy atom. The van der Waals surface area contributed by atoms with E-state index in [0.29, 0.717) is 0 Å². The molecule has 1 aliphatic heterocycles. The normalized spacial score (nSPS) is 18.4. The Morgan fingerprint density at radius 3 is 2.38 bits per heavy atom. The third-order valence-corrected chi connectivity index (χ3v) is 4.24. The second-order valence-electron chi connectivity index (χ2n) is 5.55. The zero-order chi connectivity index (χ0) is 15.2. The van der Waals surface area contributed by atoms with Crippen LogP contribution < -0.4 is 10.5 Å². The number of hydrogen-bond acceptors (Lipinski definition) is 4. The molecule has 2 rings (SSSR count). The van der Waals surface area contributed by atoms with Crippen LogP contribution in [0.3, 0.4) is 0 Å². The highest BCUT2D eigenvalue weighted by Crippen LogP contribution is 2.13. The molecule has 0 radical (unpaired) electrons. The molecule has 21 heavy (non-hydrogen) atoms. The van der Waals surface area contributed by atoms with Crippen molar-refractivity contribution >= 4 is 5.91 Å². The van der Waals surface area contributed by atoms with E-state index in [1.807, 2.05) is 19.1 Å². The van der Waals surface area contributed by atoms with E-state index in [-0.39, 0.29) is 11.9 Å². The molecule has 1 fully saturated rings. The monoisotopic (exact) mass is 291 g/mol. The van der Waals surface area contributed by atoms with Gasteiger partial charge in [-0.2, -0.15) is 0 Å². The van der Waals surface area contributed by atoms with Crippen molar-refractivity contribution < 1.29 is 9.53 Å². The number of benzene rings is 1. The Balaban J connectivity index is 1.74. The Kier molecular flexibility index (Phi) is 5.59. The molecule has 0 aromatic heterocycles. The van der Waals surface area contributed by atoms with E-state index in [4.69, 9.17) is 10.5 Å². The number of ether oxygens (including phenoxy) is 1. The minimum absolute atomic E-state index is 0.159. The number of nitrogens with zero attached hydrogens (tertiary/aromatic N) is 2. The van der Waals surface area contributed by atoms with Crippen molar-refractivity contribution in [3.05, 3.63) is 29.8 Å². The summed E-state index contributed by atoms with van der Waals surface area (Å²) in [6, 6.07) is 8.08. The molecule has 5 nitrogen and oxygen atoms in total. The summed E-state index contributed by atoms with van der Waals surface area (Å²) in [5.41, 5.74) is 6.68. The molecule has 0 saturated carbocycles. The smallest absolute Gasteiger partial charge is 0.234 e. The van der Waals surface area contributed by atoms with Gasteiger partial charge in [-0.25, -0.2) is 0 Å². The molecule has 1 aromatic rings. The van der Waals surface area contributed by atoms with Gasteiger partial charge in [-0.3, -0.25) is 9.69 Å². The fourth-order valence-electron chi connectivity index (χ4n) is 2.63. The number of primary amides is 1. The number of piperazine rings is 1. The van der Waals surface area contributed by atoms with Crippen LogP contribution in [0.15, 0.2) is 24.3 Å². The average molecular weight is 291 g/mol. The summed E-state index contributed by atoms with van der Waals surface area (Å²) in [5.74, 6) is 0.662. The van der Waals surface area contributed by atoms with E-state index in [1.165, 1.54) is 5.56 Å². The molecule has 1 atom stereocenters. The van der Waals surface area contributed by atoms with Crippen molar-refractivity contribution in [1.29, 1.82) is 0 Å². The predicted octanol–water partition coefficient (Wildman–Crippen LogP) is 0.729. The molecule has 2 N–H and O–H groups in total. The Morgan fingerprint density at radius 2 is 1.86 bits per heavy atom. The minimum atomic E-state index is -0.235. The van der Waals surface area contributed by atoms with Gasteiger partial charge in [-0.05, 0) is 31.0 Å². The molecule has 1 aliphatic rings. The fourth-order valence-corrected chi connectivity index (χ4v) is 2.63. The van der Waals surface area contributed by atoms with Crippen LogP contribution in [0, 0.1) is 0 Å². The number of amides is 1. The van der Waals surface area contributed by atoms with Crippen molar-refractivity contribution in [2.75, 3.05) is 39.8 Å². The lowest BCUT2D eigenvalue weighted by Gasteiger charge is -2.36. The first kappa shape index (κ1) is 15.8. The lowest BCUT2D eigenvalue weighted by molar-refractivity contribution is -0.123. The zero-order valence-electron chi connectivity index (χ0n) is 12.9. The topological polar surface area (TPSA) is 58.8 Å². The molecule has 0 aliphatic carbocycles. The summed E-state index contributed by atoms with van der Waals surface area (Å²) in [4.78, 5) is 15.8. The molecule has 1 aromatic carbocycles. The van der Waals surface area contributed by atoms with Crippen molar-refractivity contribution in [2.45, 2.75) is 19.4 Å². The standard InChI is InChI=1S/C16H25N3O2/c1-13(16(17)20)19-11-9-18(10-12-19)8-7-14-3-5-15(21-2)6-4-14/h3-6,13H,7-12H2,1-2H3,(H2,17,20)/t13-/m0/s1. The molecule has 1 saturated heterocycles. The molecular weight excluding hydrogens is 266 g/mol. The Hall–Kier alpha value is -1.59. The average Bonchev–Trinajstić information content (AvgIpc) is 2.53. The predicted molar refractivity (Wildman–Crippen MR) is 83.4 cm³/mol. The van der Waals surface area contributed by atoms with E-state index >= 15 is 0 Å². The summed E-state index contributed by atoms with van der Waals surface area (Å²) >= 11 is 0. The molecular formula is C16H25N3O2. The molecule has 5 heteroatoms. The van der Waals surface area contributed by atoms with Crippen molar-refractivity contribution in [3.8, 4) is 5.75 Å². The van der Waals surface area contributed by atoms with Crippen LogP contribution in [0.2, 0.25) is 0 Å². The van der Waals surface area contributed by atoms with Gasteiger partial charge in [0.25, 0.3) is 0 Å². The summed E-state index contributed by atoms with van der Waals surface area (Å²) < 4.78 is 5.16. The van der Waals surface area contributed by atoms with Crippen LogP contribution in [0.1, 0.15) is 12.5 Å². The molecule has 0 spiro atoms. The van der Waals surface area contributed by atoms with E-state index in [2.05, 4.69) is 21.9 Å². The molecule has 0 unspecified atom stereocenters. The number of hydrogen-bond donors (Lipinski definition) is 1. The lowest BCUT2D eigenvalue weighted by Crippen LogP contribution is -2.53. The first-order valence-corrected chi connectivity index (χ1v) is 7.49. The van der Waals surface area contributed by atoms with Crippen molar-refractivity contribution in [2.24, 2.45) is 5.73 Å². The van der Waals surface area contributed by atoms with Gasteiger partial charge < -0.3 is 15.4 Å². The highest BCUT2D eigenvalue weighted by atomic mass is 16.5. The molecule has 1 heterocycles. The van der Waals surface area contributed by atoms with Crippen LogP contribution in [-0.4, -0.2) is 61.6 Å². The minimum Gasteiger partial charge on any atom is -0.497 e. The fraction of sp³-hybridized carbons (Fsp3) is 0.562. The summed E-state index contributed by atoms with van der Waals surface area (Å²) in [5, 5.41) is 0. The highest BCUT2D eigenvalue weighted by Gasteiger charge is 2.23. The van der Waals surface area contributed by atoms with Gasteiger partial charge in [0.2, 0.25) is 5.91 Å². The van der Waals surface area contributed by atoms with Gasteiger partial charge in [-0.1, -0.05) is 12.1 Å². The molecule has 0 bridgehead atoms. The maximum Gasteiger partial charge on any atom is 0.234 e. The van der Waals surface area contributed by atoms with Crippen molar-refractivity contribution in [3.63, 3.8) is 0 Å². The van der Waals surface area contributed by atoms with Crippen molar-refractivity contribution in [1.82, 2.24) is 9.80 Å². The van der Waals surface area contributed by atoms with E-state index in [0.717, 1.165) is 44.9 Å². The summed E-state index contributed by atoms with van der Waals surface area (Å²) in [7, 11) is 1.68. The second kappa shape index (κ2) is 7.43. The van der Waals surface area contributed by atoms with E-state index in [9.17, 15) is 4.79 Å². The third kappa shape index (κ3) is 4.44. The zero-order valence-corrected chi connectivity index (χ0v) is 12.9. The first-order chi connectivity index (χ1) is 10.1. The van der Waals surface area contributed by atoms with Gasteiger partial charge in [-0.15, -0.1) is 0 Å². The SMILES string of the molecule is COc1ccc(CCN2CCN([C@@H](C)C(N)=O)CC2)cc1. The largest absolute Gasteiger partial charge is 0.497 e. The van der Waals surface area contributed by atoms with Gasteiger partial charge in [0, 0.05) is 32.7 Å². The van der Waals surface area contributed by atoms with Crippen LogP contribution >= 0.6 is 0 Å². The van der Waals surface area contributed by atoms with E-state index in [1.54, 1.807) is 7.11 Å². The Labute approximate surface area is 126 Å². The lowest BCUT2D eigenvalue weighted by atomic mass is 10.1. The van der Waals surface area contributed by atoms with Gasteiger partial charge >= 0.3 is 0 Å². The summed E-state index contributed by atoms with van der Waals surface area (Å²) in [6.07, 6.45) is 1.04. The van der Waals surface area contributed by atoms with Gasteiger partial charge in [0.1, 0.15) is 5.75 Å². The van der Waals surface area contributed by atoms with Crippen LogP contribution in [0.5, 0.6) is 5.75 Å². The Bertz CT molecular complexity index is 453. The van der Waals surface area contributed by atoms with Crippen LogP contribution in [0.4, 0.5) is 0 Å². The number of carbonyl (C=O) groups excluding carboxylic acids is 1. The van der Waals surface area contributed by atoms with E-state index < -0.39 is 0 Å². The molecule has 116 valence electrons. The third-order valence-electron chi connectivity index (χ3n) is 4.24. The van der Waals surface area contributed by atoms with Crippen LogP contribution in [0.25, 0.3) is 0 Å². The maximum atomic E-state index is 11.2. The first-order valence-electron chi connectivity index (χ1n) is 7.49. The summed E-state index contributed by atoms with van der Waals surface area (Å²) in [6.45, 7) is 6.74. The maximum absolute atomic E-state index is 11.2. The number of rotatable bonds is 6. The highest BCUT2D eigenvalue weighted by molar-refractivity contribution is 5.79. The number of methoxy groups -OCH3 is 1. The number of carbonyl (C=O) groups is 1. The number of nitrogens with two attached hydrogens (primary N) is 1. The van der Waals surface area contributed by atoms with Gasteiger partial charge in [0.15, 0.2) is 0 Å². The molecule has 1 amide bonds. The quantitative estimate of drug-likeness (QED) is 0.839.